The average Bonchev–Trinajstić information content (AvgIpc) is 2.70. The molecule has 24 heavy (non-hydrogen) atoms. The van der Waals surface area contributed by atoms with Crippen LogP contribution >= 0.6 is 12.4 Å². The molecule has 1 aliphatic heterocycles. The number of carbonyl (C=O) groups is 4. The van der Waals surface area contributed by atoms with Gasteiger partial charge in [0.1, 0.15) is 6.54 Å². The van der Waals surface area contributed by atoms with Crippen molar-refractivity contribution in [3.05, 3.63) is 12.7 Å². The van der Waals surface area contributed by atoms with Crippen LogP contribution in [0, 0.1) is 5.92 Å². The van der Waals surface area contributed by atoms with Gasteiger partial charge in [0.2, 0.25) is 5.91 Å². The van der Waals surface area contributed by atoms with Gasteiger partial charge in [-0.05, 0) is 12.3 Å². The fraction of sp³-hybridized carbons (Fsp3) is 0.600. The lowest BCUT2D eigenvalue weighted by Gasteiger charge is -2.23. The molecule has 0 aromatic heterocycles. The number of carbonyl (C=O) groups excluding carboxylic acids is 4. The average molecular weight is 361 g/mol. The van der Waals surface area contributed by atoms with E-state index in [1.165, 1.54) is 11.0 Å². The van der Waals surface area contributed by atoms with Crippen LogP contribution in [0.2, 0.25) is 0 Å². The SMILES string of the molecule is C=CCN1C(=O)C(=O)N(CC(=O)N(C)CCC(N)C(C)C)C1=O.Cl. The zero-order valence-electron chi connectivity index (χ0n) is 14.2. The summed E-state index contributed by atoms with van der Waals surface area (Å²) < 4.78 is 0. The summed E-state index contributed by atoms with van der Waals surface area (Å²) in [4.78, 5) is 50.4. The quantitative estimate of drug-likeness (QED) is 0.378. The second-order valence-corrected chi connectivity index (χ2v) is 5.89. The first-order chi connectivity index (χ1) is 10.7. The van der Waals surface area contributed by atoms with Gasteiger partial charge >= 0.3 is 17.8 Å². The summed E-state index contributed by atoms with van der Waals surface area (Å²) in [6.07, 6.45) is 1.96. The van der Waals surface area contributed by atoms with Gasteiger partial charge in [-0.3, -0.25) is 19.3 Å². The summed E-state index contributed by atoms with van der Waals surface area (Å²) >= 11 is 0. The van der Waals surface area contributed by atoms with Gasteiger partial charge in [-0.15, -0.1) is 19.0 Å². The molecule has 0 aromatic carbocycles. The van der Waals surface area contributed by atoms with Gasteiger partial charge < -0.3 is 10.6 Å². The fourth-order valence-electron chi connectivity index (χ4n) is 2.04. The van der Waals surface area contributed by atoms with Crippen molar-refractivity contribution in [3.8, 4) is 0 Å². The molecule has 2 N–H and O–H groups in total. The van der Waals surface area contributed by atoms with Crippen LogP contribution in [0.1, 0.15) is 20.3 Å². The summed E-state index contributed by atoms with van der Waals surface area (Å²) in [7, 11) is 1.57. The summed E-state index contributed by atoms with van der Waals surface area (Å²) in [5, 5.41) is 0. The first-order valence-electron chi connectivity index (χ1n) is 7.48. The van der Waals surface area contributed by atoms with E-state index in [1.807, 2.05) is 13.8 Å². The predicted octanol–water partition coefficient (Wildman–Crippen LogP) is 0.217. The van der Waals surface area contributed by atoms with Crippen LogP contribution in [0.5, 0.6) is 0 Å². The zero-order chi connectivity index (χ0) is 17.7. The molecule has 1 saturated heterocycles. The van der Waals surface area contributed by atoms with E-state index in [1.54, 1.807) is 7.05 Å². The minimum atomic E-state index is -0.988. The van der Waals surface area contributed by atoms with Crippen molar-refractivity contribution in [1.82, 2.24) is 14.7 Å². The Morgan fingerprint density at radius 2 is 1.79 bits per heavy atom. The molecule has 0 aromatic rings. The zero-order valence-corrected chi connectivity index (χ0v) is 15.0. The monoisotopic (exact) mass is 360 g/mol. The Morgan fingerprint density at radius 3 is 2.29 bits per heavy atom. The van der Waals surface area contributed by atoms with E-state index in [4.69, 9.17) is 5.73 Å². The molecule has 9 heteroatoms. The summed E-state index contributed by atoms with van der Waals surface area (Å²) in [5.74, 6) is -2.05. The lowest BCUT2D eigenvalue weighted by Crippen LogP contribution is -2.43. The third kappa shape index (κ3) is 5.04. The van der Waals surface area contributed by atoms with Gasteiger partial charge in [0.25, 0.3) is 0 Å². The van der Waals surface area contributed by atoms with Crippen LogP contribution in [-0.4, -0.2) is 71.2 Å². The normalized spacial score (nSPS) is 15.6. The van der Waals surface area contributed by atoms with Crippen molar-refractivity contribution in [2.75, 3.05) is 26.7 Å². The number of hydrogen-bond acceptors (Lipinski definition) is 5. The van der Waals surface area contributed by atoms with Crippen LogP contribution in [0.3, 0.4) is 0 Å². The Bertz CT molecular complexity index is 524. The second-order valence-electron chi connectivity index (χ2n) is 5.89. The molecule has 1 rings (SSSR count). The predicted molar refractivity (Wildman–Crippen MR) is 91.3 cm³/mol. The lowest BCUT2D eigenvalue weighted by molar-refractivity contribution is -0.144. The van der Waals surface area contributed by atoms with E-state index < -0.39 is 30.3 Å². The highest BCUT2D eigenvalue weighted by atomic mass is 35.5. The Morgan fingerprint density at radius 1 is 1.25 bits per heavy atom. The molecule has 0 radical (unpaired) electrons. The molecule has 1 atom stereocenters. The number of imide groups is 2. The number of amides is 5. The Hall–Kier alpha value is -1.93. The summed E-state index contributed by atoms with van der Waals surface area (Å²) in [6.45, 7) is 7.31. The van der Waals surface area contributed by atoms with Crippen molar-refractivity contribution >= 4 is 36.2 Å². The van der Waals surface area contributed by atoms with Crippen molar-refractivity contribution < 1.29 is 19.2 Å². The van der Waals surface area contributed by atoms with Gasteiger partial charge in [0.05, 0.1) is 0 Å². The van der Waals surface area contributed by atoms with E-state index in [-0.39, 0.29) is 25.0 Å². The minimum Gasteiger partial charge on any atom is -0.344 e. The standard InChI is InChI=1S/C15H24N4O4.ClH/c1-5-7-18-13(21)14(22)19(15(18)23)9-12(20)17(4)8-6-11(16)10(2)3;/h5,10-11H,1,6-9,16H2,2-4H3;1H. The maximum Gasteiger partial charge on any atom is 0.335 e. The van der Waals surface area contributed by atoms with Crippen LogP contribution in [0.15, 0.2) is 12.7 Å². The number of hydrogen-bond donors (Lipinski definition) is 1. The number of urea groups is 1. The molecule has 0 spiro atoms. The minimum absolute atomic E-state index is 0. The second kappa shape index (κ2) is 9.39. The first-order valence-corrected chi connectivity index (χ1v) is 7.48. The van der Waals surface area contributed by atoms with E-state index in [0.717, 1.165) is 4.90 Å². The topological polar surface area (TPSA) is 104 Å². The third-order valence-electron chi connectivity index (χ3n) is 3.82. The fourth-order valence-corrected chi connectivity index (χ4v) is 2.04. The molecule has 0 aliphatic carbocycles. The third-order valence-corrected chi connectivity index (χ3v) is 3.82. The van der Waals surface area contributed by atoms with Crippen LogP contribution in [0.25, 0.3) is 0 Å². The van der Waals surface area contributed by atoms with Crippen LogP contribution in [-0.2, 0) is 14.4 Å². The molecule has 1 heterocycles. The Kier molecular flexibility index (Phi) is 8.63. The summed E-state index contributed by atoms with van der Waals surface area (Å²) in [5.41, 5.74) is 5.93. The number of likely N-dealkylation sites (N-methyl/N-ethyl adjacent to an activating group) is 1. The van der Waals surface area contributed by atoms with Crippen LogP contribution in [0.4, 0.5) is 4.79 Å². The molecule has 136 valence electrons. The molecule has 1 aliphatic rings. The molecule has 0 saturated carbocycles. The molecule has 8 nitrogen and oxygen atoms in total. The van der Waals surface area contributed by atoms with Gasteiger partial charge in [0, 0.05) is 26.2 Å². The highest BCUT2D eigenvalue weighted by Crippen LogP contribution is 2.12. The highest BCUT2D eigenvalue weighted by Gasteiger charge is 2.44. The molecule has 0 bridgehead atoms. The Labute approximate surface area is 148 Å². The molecule has 1 unspecified atom stereocenters. The van der Waals surface area contributed by atoms with Crippen molar-refractivity contribution in [1.29, 1.82) is 0 Å². The number of nitrogens with two attached hydrogens (primary N) is 1. The smallest absolute Gasteiger partial charge is 0.335 e. The highest BCUT2D eigenvalue weighted by molar-refractivity contribution is 6.45. The lowest BCUT2D eigenvalue weighted by atomic mass is 10.0. The summed E-state index contributed by atoms with van der Waals surface area (Å²) in [6, 6.07) is -0.828. The number of nitrogens with zero attached hydrogens (tertiary/aromatic N) is 3. The van der Waals surface area contributed by atoms with E-state index >= 15 is 0 Å². The first kappa shape index (κ1) is 22.1. The maximum atomic E-state index is 12.1. The van der Waals surface area contributed by atoms with Gasteiger partial charge in [-0.2, -0.15) is 0 Å². The van der Waals surface area contributed by atoms with Crippen molar-refractivity contribution in [3.63, 3.8) is 0 Å². The molecule has 1 fully saturated rings. The van der Waals surface area contributed by atoms with Crippen molar-refractivity contribution in [2.45, 2.75) is 26.3 Å². The van der Waals surface area contributed by atoms with E-state index in [2.05, 4.69) is 6.58 Å². The largest absolute Gasteiger partial charge is 0.344 e. The number of halogens is 1. The van der Waals surface area contributed by atoms with E-state index in [9.17, 15) is 19.2 Å². The number of rotatable bonds is 8. The maximum absolute atomic E-state index is 12.1. The van der Waals surface area contributed by atoms with Gasteiger partial charge in [-0.25, -0.2) is 9.69 Å². The Balaban J connectivity index is 0.00000529. The molecule has 5 amide bonds. The van der Waals surface area contributed by atoms with Gasteiger partial charge in [0.15, 0.2) is 0 Å². The van der Waals surface area contributed by atoms with Crippen LogP contribution < -0.4 is 5.73 Å². The van der Waals surface area contributed by atoms with E-state index in [0.29, 0.717) is 23.8 Å². The van der Waals surface area contributed by atoms with Gasteiger partial charge in [-0.1, -0.05) is 19.9 Å². The van der Waals surface area contributed by atoms with Crippen molar-refractivity contribution in [2.24, 2.45) is 11.7 Å². The molecular weight excluding hydrogens is 336 g/mol. The molecular formula is C15H25ClN4O4.